The average Bonchev–Trinajstić information content (AvgIpc) is 3.15. The molecule has 4 rings (SSSR count). The molecule has 1 unspecified atom stereocenters. The van der Waals surface area contributed by atoms with Crippen molar-refractivity contribution < 1.29 is 4.74 Å². The van der Waals surface area contributed by atoms with Crippen LogP contribution < -0.4 is 5.73 Å². The number of fused-ring (bicyclic) bond motifs is 2. The van der Waals surface area contributed by atoms with E-state index in [1.54, 1.807) is 0 Å². The van der Waals surface area contributed by atoms with Crippen LogP contribution in [0.15, 0.2) is 54.7 Å². The Balaban J connectivity index is 1.59. The summed E-state index contributed by atoms with van der Waals surface area (Å²) in [6.07, 6.45) is 2.07. The molecule has 0 saturated heterocycles. The van der Waals surface area contributed by atoms with Gasteiger partial charge in [-0.15, -0.1) is 0 Å². The van der Waals surface area contributed by atoms with Gasteiger partial charge in [-0.05, 0) is 42.3 Å². The normalized spacial score (nSPS) is 13.2. The maximum atomic E-state index is 6.22. The van der Waals surface area contributed by atoms with Crippen LogP contribution in [0.3, 0.4) is 0 Å². The third kappa shape index (κ3) is 5.03. The molecule has 2 aromatic carbocycles. The first-order valence-corrected chi connectivity index (χ1v) is 14.7. The molecule has 0 aliphatic heterocycles. The number of hydrogen-bond donors (Lipinski definition) is 1. The summed E-state index contributed by atoms with van der Waals surface area (Å²) in [7, 11) is -1.08. The van der Waals surface area contributed by atoms with Crippen molar-refractivity contribution in [2.45, 2.75) is 45.3 Å². The van der Waals surface area contributed by atoms with E-state index in [9.17, 15) is 0 Å². The van der Waals surface area contributed by atoms with Crippen molar-refractivity contribution >= 4 is 29.9 Å². The fraction of sp³-hybridized carbons (Fsp3) is 0.360. The molecule has 0 saturated carbocycles. The second-order valence-corrected chi connectivity index (χ2v) is 15.1. The monoisotopic (exact) mass is 432 g/mol. The number of nitrogens with two attached hydrogens (primary N) is 1. The first kappa shape index (κ1) is 21.7. The highest BCUT2D eigenvalue weighted by molar-refractivity contribution is 6.76. The lowest BCUT2D eigenvalue weighted by Crippen LogP contribution is -2.22. The second-order valence-electron chi connectivity index (χ2n) is 9.51. The van der Waals surface area contributed by atoms with Crippen LogP contribution >= 0.6 is 0 Å². The molecule has 0 radical (unpaired) electrons. The Morgan fingerprint density at radius 3 is 2.65 bits per heavy atom. The van der Waals surface area contributed by atoms with Crippen molar-refractivity contribution in [3.63, 3.8) is 0 Å². The van der Waals surface area contributed by atoms with Crippen molar-refractivity contribution in [1.82, 2.24) is 14.8 Å². The SMILES string of the molecule is Cc1cc(C(CN)c2ccc3ccccc3n2)cc2cn(COCC[Si](C)(C)C)nc12. The first-order chi connectivity index (χ1) is 14.8. The van der Waals surface area contributed by atoms with Crippen molar-refractivity contribution in [3.8, 4) is 0 Å². The molecule has 0 amide bonds. The van der Waals surface area contributed by atoms with Gasteiger partial charge in [0.2, 0.25) is 0 Å². The number of aromatic nitrogens is 3. The van der Waals surface area contributed by atoms with Gasteiger partial charge in [0.1, 0.15) is 6.73 Å². The molecule has 5 nitrogen and oxygen atoms in total. The summed E-state index contributed by atoms with van der Waals surface area (Å²) in [6.45, 7) is 11.0. The minimum Gasteiger partial charge on any atom is -0.360 e. The molecule has 1 atom stereocenters. The van der Waals surface area contributed by atoms with E-state index in [1.165, 1.54) is 5.56 Å². The summed E-state index contributed by atoms with van der Waals surface area (Å²) in [5, 5.41) is 7.00. The van der Waals surface area contributed by atoms with Gasteiger partial charge in [0.05, 0.1) is 11.0 Å². The Hall–Kier alpha value is -2.54. The van der Waals surface area contributed by atoms with Crippen molar-refractivity contribution in [2.75, 3.05) is 13.2 Å². The van der Waals surface area contributed by atoms with E-state index in [1.807, 2.05) is 22.9 Å². The molecule has 6 heteroatoms. The maximum Gasteiger partial charge on any atom is 0.139 e. The zero-order chi connectivity index (χ0) is 22.0. The second kappa shape index (κ2) is 8.90. The molecule has 2 aromatic heterocycles. The van der Waals surface area contributed by atoms with Gasteiger partial charge in [0.15, 0.2) is 0 Å². The number of para-hydroxylation sites is 1. The predicted octanol–water partition coefficient (Wildman–Crippen LogP) is 5.30. The average molecular weight is 433 g/mol. The number of rotatable bonds is 8. The van der Waals surface area contributed by atoms with Crippen molar-refractivity contribution in [3.05, 3.63) is 71.5 Å². The van der Waals surface area contributed by atoms with E-state index in [0.717, 1.165) is 45.7 Å². The largest absolute Gasteiger partial charge is 0.360 e. The van der Waals surface area contributed by atoms with Gasteiger partial charge in [-0.1, -0.05) is 50.0 Å². The topological polar surface area (TPSA) is 66.0 Å². The molecule has 0 aliphatic rings. The summed E-state index contributed by atoms with van der Waals surface area (Å²) in [6, 6.07) is 18.0. The van der Waals surface area contributed by atoms with E-state index in [-0.39, 0.29) is 5.92 Å². The molecule has 162 valence electrons. The number of ether oxygens (including phenoxy) is 1. The lowest BCUT2D eigenvalue weighted by molar-refractivity contribution is 0.0791. The van der Waals surface area contributed by atoms with Gasteiger partial charge < -0.3 is 10.5 Å². The minimum atomic E-state index is -1.08. The van der Waals surface area contributed by atoms with Gasteiger partial charge in [0, 0.05) is 49.8 Å². The summed E-state index contributed by atoms with van der Waals surface area (Å²) in [5.41, 5.74) is 11.6. The standard InChI is InChI=1S/C25H32N4OSi/c1-18-13-20(22(15-26)24-10-9-19-7-5-6-8-23(19)27-24)14-21-16-29(28-25(18)21)17-30-11-12-31(2,3)4/h5-10,13-14,16,22H,11-12,15,17,26H2,1-4H3. The molecule has 4 aromatic rings. The van der Waals surface area contributed by atoms with Crippen LogP contribution in [0.1, 0.15) is 22.7 Å². The van der Waals surface area contributed by atoms with Crippen LogP contribution in [-0.4, -0.2) is 36.0 Å². The summed E-state index contributed by atoms with van der Waals surface area (Å²) >= 11 is 0. The third-order valence-corrected chi connectivity index (χ3v) is 7.41. The van der Waals surface area contributed by atoms with Gasteiger partial charge in [-0.25, -0.2) is 4.68 Å². The smallest absolute Gasteiger partial charge is 0.139 e. The first-order valence-electron chi connectivity index (χ1n) is 11.0. The number of nitrogens with zero attached hydrogens (tertiary/aromatic N) is 3. The van der Waals surface area contributed by atoms with Gasteiger partial charge in [-0.2, -0.15) is 5.10 Å². The van der Waals surface area contributed by atoms with Crippen LogP contribution in [0.2, 0.25) is 25.7 Å². The van der Waals surface area contributed by atoms with E-state index in [2.05, 4.69) is 63.1 Å². The fourth-order valence-electron chi connectivity index (χ4n) is 3.90. The molecule has 0 bridgehead atoms. The predicted molar refractivity (Wildman–Crippen MR) is 131 cm³/mol. The lowest BCUT2D eigenvalue weighted by Gasteiger charge is -2.16. The highest BCUT2D eigenvalue weighted by atomic mass is 28.3. The third-order valence-electron chi connectivity index (χ3n) is 5.70. The number of benzene rings is 2. The lowest BCUT2D eigenvalue weighted by atomic mass is 9.92. The Morgan fingerprint density at radius 2 is 1.87 bits per heavy atom. The molecule has 31 heavy (non-hydrogen) atoms. The van der Waals surface area contributed by atoms with E-state index < -0.39 is 8.07 Å². The molecule has 2 N–H and O–H groups in total. The van der Waals surface area contributed by atoms with Crippen molar-refractivity contribution in [1.29, 1.82) is 0 Å². The Kier molecular flexibility index (Phi) is 6.23. The summed E-state index contributed by atoms with van der Waals surface area (Å²) in [5.74, 6) is 0.0454. The van der Waals surface area contributed by atoms with Crippen LogP contribution in [0.5, 0.6) is 0 Å². The Bertz CT molecular complexity index is 1200. The van der Waals surface area contributed by atoms with Crippen LogP contribution in [-0.2, 0) is 11.5 Å². The molecule has 0 aliphatic carbocycles. The Morgan fingerprint density at radius 1 is 1.06 bits per heavy atom. The number of pyridine rings is 1. The number of aryl methyl sites for hydroxylation is 1. The highest BCUT2D eigenvalue weighted by Gasteiger charge is 2.17. The maximum absolute atomic E-state index is 6.22. The molecule has 0 fully saturated rings. The van der Waals surface area contributed by atoms with Crippen LogP contribution in [0.4, 0.5) is 0 Å². The zero-order valence-corrected chi connectivity index (χ0v) is 19.9. The van der Waals surface area contributed by atoms with Crippen LogP contribution in [0.25, 0.3) is 21.8 Å². The highest BCUT2D eigenvalue weighted by Crippen LogP contribution is 2.29. The molecule has 2 heterocycles. The van der Waals surface area contributed by atoms with Gasteiger partial charge in [-0.3, -0.25) is 4.98 Å². The van der Waals surface area contributed by atoms with Gasteiger partial charge >= 0.3 is 0 Å². The van der Waals surface area contributed by atoms with Crippen molar-refractivity contribution in [2.24, 2.45) is 5.73 Å². The fourth-order valence-corrected chi connectivity index (χ4v) is 4.65. The molecule has 0 spiro atoms. The summed E-state index contributed by atoms with van der Waals surface area (Å²) in [4.78, 5) is 4.89. The molecular formula is C25H32N4OSi. The molecular weight excluding hydrogens is 400 g/mol. The van der Waals surface area contributed by atoms with E-state index >= 15 is 0 Å². The van der Waals surface area contributed by atoms with Gasteiger partial charge in [0.25, 0.3) is 0 Å². The van der Waals surface area contributed by atoms with Crippen LogP contribution in [0, 0.1) is 6.92 Å². The Labute approximate surface area is 185 Å². The quantitative estimate of drug-likeness (QED) is 0.303. The zero-order valence-electron chi connectivity index (χ0n) is 18.9. The number of hydrogen-bond acceptors (Lipinski definition) is 4. The summed E-state index contributed by atoms with van der Waals surface area (Å²) < 4.78 is 7.78. The van der Waals surface area contributed by atoms with E-state index in [4.69, 9.17) is 20.6 Å². The minimum absolute atomic E-state index is 0.0454. The van der Waals surface area contributed by atoms with E-state index in [0.29, 0.717) is 13.3 Å².